The molecule has 0 radical (unpaired) electrons. The number of benzene rings is 1. The van der Waals surface area contributed by atoms with E-state index in [-0.39, 0.29) is 11.3 Å². The second-order valence-corrected chi connectivity index (χ2v) is 5.04. The maximum atomic E-state index is 12.0. The Morgan fingerprint density at radius 3 is 2.67 bits per heavy atom. The Kier molecular flexibility index (Phi) is 2.38. The van der Waals surface area contributed by atoms with Gasteiger partial charge in [0.25, 0.3) is 0 Å². The van der Waals surface area contributed by atoms with E-state index in [9.17, 15) is 4.79 Å². The zero-order valence-corrected chi connectivity index (χ0v) is 10.8. The Labute approximate surface area is 98.4 Å². The highest BCUT2D eigenvalue weighted by atomic mass is 79.9. The second-order valence-electron chi connectivity index (χ2n) is 4.47. The second kappa shape index (κ2) is 3.34. The van der Waals surface area contributed by atoms with Gasteiger partial charge in [0.05, 0.1) is 5.41 Å². The molecule has 2 nitrogen and oxygen atoms in total. The summed E-state index contributed by atoms with van der Waals surface area (Å²) in [5, 5.41) is 0.828. The summed E-state index contributed by atoms with van der Waals surface area (Å²) in [6.07, 6.45) is 0. The molecule has 1 heterocycles. The molecule has 15 heavy (non-hydrogen) atoms. The molecule has 0 N–H and O–H groups in total. The number of amides is 1. The molecular formula is C12H14BrNO. The molecule has 0 fully saturated rings. The van der Waals surface area contributed by atoms with Crippen molar-refractivity contribution in [3.63, 3.8) is 0 Å². The lowest BCUT2D eigenvalue weighted by Crippen LogP contribution is -2.33. The SMILES string of the molecule is CN1C(=O)C(C)(C)c2cc(CBr)ccc21. The smallest absolute Gasteiger partial charge is 0.236 e. The Hall–Kier alpha value is -0.830. The molecular weight excluding hydrogens is 254 g/mol. The third-order valence-corrected chi connectivity index (χ3v) is 3.74. The van der Waals surface area contributed by atoms with Crippen LogP contribution in [0.4, 0.5) is 5.69 Å². The van der Waals surface area contributed by atoms with Crippen molar-refractivity contribution < 1.29 is 4.79 Å². The zero-order valence-electron chi connectivity index (χ0n) is 9.17. The summed E-state index contributed by atoms with van der Waals surface area (Å²) in [6, 6.07) is 6.20. The van der Waals surface area contributed by atoms with Crippen molar-refractivity contribution in [1.29, 1.82) is 0 Å². The topological polar surface area (TPSA) is 20.3 Å². The van der Waals surface area contributed by atoms with E-state index in [0.29, 0.717) is 0 Å². The third kappa shape index (κ3) is 1.41. The van der Waals surface area contributed by atoms with Gasteiger partial charge in [-0.15, -0.1) is 0 Å². The van der Waals surface area contributed by atoms with Gasteiger partial charge >= 0.3 is 0 Å². The number of halogens is 1. The molecule has 1 aliphatic heterocycles. The van der Waals surface area contributed by atoms with Crippen LogP contribution in [0.25, 0.3) is 0 Å². The Morgan fingerprint density at radius 2 is 2.07 bits per heavy atom. The molecule has 80 valence electrons. The lowest BCUT2D eigenvalue weighted by atomic mass is 9.85. The van der Waals surface area contributed by atoms with Gasteiger partial charge in [-0.1, -0.05) is 28.1 Å². The number of alkyl halides is 1. The number of carbonyl (C=O) groups is 1. The van der Waals surface area contributed by atoms with Crippen molar-refractivity contribution in [2.75, 3.05) is 11.9 Å². The molecule has 0 saturated heterocycles. The van der Waals surface area contributed by atoms with E-state index in [2.05, 4.69) is 28.1 Å². The average Bonchev–Trinajstić information content (AvgIpc) is 2.40. The standard InChI is InChI=1S/C12H14BrNO/c1-12(2)9-6-8(7-13)4-5-10(9)14(3)11(12)15/h4-6H,7H2,1-3H3. The van der Waals surface area contributed by atoms with Gasteiger partial charge in [0.15, 0.2) is 0 Å². The third-order valence-electron chi connectivity index (χ3n) is 3.09. The van der Waals surface area contributed by atoms with Crippen molar-refractivity contribution >= 4 is 27.5 Å². The van der Waals surface area contributed by atoms with Crippen LogP contribution in [0.5, 0.6) is 0 Å². The zero-order chi connectivity index (χ0) is 11.2. The van der Waals surface area contributed by atoms with Crippen molar-refractivity contribution in [3.8, 4) is 0 Å². The Bertz CT molecular complexity index is 426. The maximum absolute atomic E-state index is 12.0. The van der Waals surface area contributed by atoms with Crippen molar-refractivity contribution in [3.05, 3.63) is 29.3 Å². The van der Waals surface area contributed by atoms with Gasteiger partial charge in [-0.3, -0.25) is 4.79 Å². The molecule has 2 rings (SSSR count). The van der Waals surface area contributed by atoms with Crippen LogP contribution < -0.4 is 4.90 Å². The van der Waals surface area contributed by atoms with E-state index in [1.165, 1.54) is 5.56 Å². The van der Waals surface area contributed by atoms with E-state index in [1.807, 2.05) is 27.0 Å². The van der Waals surface area contributed by atoms with Gasteiger partial charge in [0, 0.05) is 18.1 Å². The highest BCUT2D eigenvalue weighted by Crippen LogP contribution is 2.41. The van der Waals surface area contributed by atoms with Crippen molar-refractivity contribution in [1.82, 2.24) is 0 Å². The monoisotopic (exact) mass is 267 g/mol. The molecule has 0 aliphatic carbocycles. The molecule has 1 aliphatic rings. The summed E-state index contributed by atoms with van der Waals surface area (Å²) in [4.78, 5) is 13.7. The largest absolute Gasteiger partial charge is 0.314 e. The van der Waals surface area contributed by atoms with Crippen LogP contribution in [-0.4, -0.2) is 13.0 Å². The minimum Gasteiger partial charge on any atom is -0.314 e. The summed E-state index contributed by atoms with van der Waals surface area (Å²) < 4.78 is 0. The van der Waals surface area contributed by atoms with Crippen LogP contribution in [0.1, 0.15) is 25.0 Å². The lowest BCUT2D eigenvalue weighted by molar-refractivity contribution is -0.121. The van der Waals surface area contributed by atoms with E-state index in [4.69, 9.17) is 0 Å². The molecule has 0 bridgehead atoms. The molecule has 0 spiro atoms. The molecule has 1 amide bonds. The average molecular weight is 268 g/mol. The van der Waals surface area contributed by atoms with Gasteiger partial charge in [0.1, 0.15) is 0 Å². The number of carbonyl (C=O) groups excluding carboxylic acids is 1. The fourth-order valence-electron chi connectivity index (χ4n) is 2.10. The van der Waals surface area contributed by atoms with E-state index < -0.39 is 0 Å². The maximum Gasteiger partial charge on any atom is 0.236 e. The van der Waals surface area contributed by atoms with Crippen LogP contribution >= 0.6 is 15.9 Å². The first-order valence-corrected chi connectivity index (χ1v) is 6.08. The molecule has 0 unspecified atom stereocenters. The predicted molar refractivity (Wildman–Crippen MR) is 65.5 cm³/mol. The molecule has 1 aromatic carbocycles. The normalized spacial score (nSPS) is 18.1. The quantitative estimate of drug-likeness (QED) is 0.717. The fourth-order valence-corrected chi connectivity index (χ4v) is 2.45. The predicted octanol–water partition coefficient (Wildman–Crippen LogP) is 2.84. The molecule has 0 saturated carbocycles. The van der Waals surface area contributed by atoms with E-state index >= 15 is 0 Å². The fraction of sp³-hybridized carbons (Fsp3) is 0.417. The van der Waals surface area contributed by atoms with Crippen LogP contribution in [-0.2, 0) is 15.5 Å². The van der Waals surface area contributed by atoms with Crippen LogP contribution in [0.15, 0.2) is 18.2 Å². The number of hydrogen-bond donors (Lipinski definition) is 0. The molecule has 0 aromatic heterocycles. The number of fused-ring (bicyclic) bond motifs is 1. The van der Waals surface area contributed by atoms with Crippen molar-refractivity contribution in [2.24, 2.45) is 0 Å². The summed E-state index contributed by atoms with van der Waals surface area (Å²) in [5.74, 6) is 0.171. The molecule has 0 atom stereocenters. The summed E-state index contributed by atoms with van der Waals surface area (Å²) in [5.41, 5.74) is 2.99. The highest BCUT2D eigenvalue weighted by molar-refractivity contribution is 9.08. The number of anilines is 1. The molecule has 1 aromatic rings. The Morgan fingerprint density at radius 1 is 1.40 bits per heavy atom. The Balaban J connectivity index is 2.62. The minimum atomic E-state index is -0.387. The molecule has 3 heteroatoms. The van der Waals surface area contributed by atoms with E-state index in [1.54, 1.807) is 4.90 Å². The number of likely N-dealkylation sites (N-methyl/N-ethyl adjacent to an activating group) is 1. The van der Waals surface area contributed by atoms with Crippen molar-refractivity contribution in [2.45, 2.75) is 24.6 Å². The van der Waals surface area contributed by atoms with Crippen LogP contribution in [0.2, 0.25) is 0 Å². The van der Waals surface area contributed by atoms with Crippen LogP contribution in [0.3, 0.4) is 0 Å². The summed E-state index contributed by atoms with van der Waals surface area (Å²) in [6.45, 7) is 3.96. The first kappa shape index (κ1) is 10.7. The number of nitrogens with zero attached hydrogens (tertiary/aromatic N) is 1. The van der Waals surface area contributed by atoms with Gasteiger partial charge in [-0.25, -0.2) is 0 Å². The lowest BCUT2D eigenvalue weighted by Gasteiger charge is -2.16. The van der Waals surface area contributed by atoms with E-state index in [0.717, 1.165) is 16.6 Å². The van der Waals surface area contributed by atoms with Gasteiger partial charge in [0.2, 0.25) is 5.91 Å². The minimum absolute atomic E-state index is 0.171. The van der Waals surface area contributed by atoms with Gasteiger partial charge in [-0.05, 0) is 31.0 Å². The van der Waals surface area contributed by atoms with Gasteiger partial charge in [-0.2, -0.15) is 0 Å². The van der Waals surface area contributed by atoms with Gasteiger partial charge < -0.3 is 4.90 Å². The summed E-state index contributed by atoms with van der Waals surface area (Å²) in [7, 11) is 1.84. The first-order chi connectivity index (χ1) is 6.98. The number of hydrogen-bond acceptors (Lipinski definition) is 1. The first-order valence-electron chi connectivity index (χ1n) is 4.96. The van der Waals surface area contributed by atoms with Crippen LogP contribution in [0, 0.1) is 0 Å². The summed E-state index contributed by atoms with van der Waals surface area (Å²) >= 11 is 3.44. The highest BCUT2D eigenvalue weighted by Gasteiger charge is 2.41. The number of rotatable bonds is 1.